The molecule has 1 heterocycles. The fourth-order valence-electron chi connectivity index (χ4n) is 2.87. The lowest BCUT2D eigenvalue weighted by Gasteiger charge is -2.27. The summed E-state index contributed by atoms with van der Waals surface area (Å²) in [5.74, 6) is 1.89. The standard InChI is InChI=1S/C16H27NS/c1-12-4-7-15(8-5-12)11-17-13(2)10-16-9-6-14(3)18-16/h6,9,12-13,15,17H,4-5,7-8,10-11H2,1-3H3. The Morgan fingerprint density at radius 2 is 2.00 bits per heavy atom. The maximum atomic E-state index is 3.73. The van der Waals surface area contributed by atoms with Gasteiger partial charge < -0.3 is 5.32 Å². The second-order valence-corrected chi connectivity index (χ2v) is 7.52. The van der Waals surface area contributed by atoms with E-state index in [4.69, 9.17) is 0 Å². The lowest BCUT2D eigenvalue weighted by Crippen LogP contribution is -2.33. The molecule has 1 unspecified atom stereocenters. The van der Waals surface area contributed by atoms with Gasteiger partial charge in [-0.25, -0.2) is 0 Å². The number of thiophene rings is 1. The highest BCUT2D eigenvalue weighted by molar-refractivity contribution is 7.11. The largest absolute Gasteiger partial charge is 0.314 e. The summed E-state index contributed by atoms with van der Waals surface area (Å²) in [6, 6.07) is 5.12. The summed E-state index contributed by atoms with van der Waals surface area (Å²) in [6.45, 7) is 8.12. The van der Waals surface area contributed by atoms with E-state index in [9.17, 15) is 0 Å². The molecule has 0 radical (unpaired) electrons. The van der Waals surface area contributed by atoms with Crippen LogP contribution in [0.2, 0.25) is 0 Å². The summed E-state index contributed by atoms with van der Waals surface area (Å²) in [5.41, 5.74) is 0. The molecule has 0 bridgehead atoms. The van der Waals surface area contributed by atoms with Gasteiger partial charge in [0.2, 0.25) is 0 Å². The molecule has 2 heteroatoms. The minimum atomic E-state index is 0.613. The number of aryl methyl sites for hydroxylation is 1. The van der Waals surface area contributed by atoms with Gasteiger partial charge in [-0.15, -0.1) is 11.3 Å². The summed E-state index contributed by atoms with van der Waals surface area (Å²) in [4.78, 5) is 2.95. The van der Waals surface area contributed by atoms with Crippen molar-refractivity contribution in [2.75, 3.05) is 6.54 Å². The predicted molar refractivity (Wildman–Crippen MR) is 81.3 cm³/mol. The molecule has 1 aromatic heterocycles. The van der Waals surface area contributed by atoms with Crippen LogP contribution in [0.1, 0.15) is 49.3 Å². The molecule has 1 nitrogen and oxygen atoms in total. The first kappa shape index (κ1) is 14.1. The normalized spacial score (nSPS) is 26.2. The van der Waals surface area contributed by atoms with Crippen molar-refractivity contribution in [2.45, 2.75) is 58.9 Å². The molecule has 2 rings (SSSR count). The van der Waals surface area contributed by atoms with Gasteiger partial charge >= 0.3 is 0 Å². The Hall–Kier alpha value is -0.340. The van der Waals surface area contributed by atoms with Crippen LogP contribution in [0.3, 0.4) is 0 Å². The molecule has 0 aliphatic heterocycles. The molecule has 1 fully saturated rings. The zero-order valence-electron chi connectivity index (χ0n) is 12.0. The highest BCUT2D eigenvalue weighted by atomic mass is 32.1. The molecule has 0 aromatic carbocycles. The van der Waals surface area contributed by atoms with E-state index in [0.717, 1.165) is 11.8 Å². The maximum absolute atomic E-state index is 3.73. The Labute approximate surface area is 116 Å². The predicted octanol–water partition coefficient (Wildman–Crippen LogP) is 4.40. The zero-order chi connectivity index (χ0) is 13.0. The second-order valence-electron chi connectivity index (χ2n) is 6.15. The minimum Gasteiger partial charge on any atom is -0.314 e. The molecule has 1 aliphatic rings. The average Bonchev–Trinajstić information content (AvgIpc) is 2.74. The Balaban J connectivity index is 1.67. The van der Waals surface area contributed by atoms with E-state index in [2.05, 4.69) is 38.2 Å². The molecule has 1 saturated carbocycles. The monoisotopic (exact) mass is 265 g/mol. The SMILES string of the molecule is Cc1ccc(CC(C)NCC2CCC(C)CC2)s1. The number of rotatable bonds is 5. The molecule has 0 amide bonds. The van der Waals surface area contributed by atoms with Crippen LogP contribution in [0.4, 0.5) is 0 Å². The van der Waals surface area contributed by atoms with Gasteiger partial charge in [-0.3, -0.25) is 0 Å². The Morgan fingerprint density at radius 1 is 1.28 bits per heavy atom. The summed E-state index contributed by atoms with van der Waals surface area (Å²) >= 11 is 1.94. The molecule has 1 aliphatic carbocycles. The molecule has 1 aromatic rings. The average molecular weight is 265 g/mol. The van der Waals surface area contributed by atoms with Crippen molar-refractivity contribution in [3.63, 3.8) is 0 Å². The molecule has 18 heavy (non-hydrogen) atoms. The van der Waals surface area contributed by atoms with Crippen molar-refractivity contribution in [1.82, 2.24) is 5.32 Å². The zero-order valence-corrected chi connectivity index (χ0v) is 12.9. The van der Waals surface area contributed by atoms with E-state index < -0.39 is 0 Å². The highest BCUT2D eigenvalue weighted by Gasteiger charge is 2.18. The third-order valence-corrected chi connectivity index (χ3v) is 5.22. The van der Waals surface area contributed by atoms with Crippen LogP contribution >= 0.6 is 11.3 Å². The number of hydrogen-bond donors (Lipinski definition) is 1. The quantitative estimate of drug-likeness (QED) is 0.832. The summed E-state index contributed by atoms with van der Waals surface area (Å²) in [5, 5.41) is 3.73. The lowest BCUT2D eigenvalue weighted by atomic mass is 9.83. The van der Waals surface area contributed by atoms with Crippen molar-refractivity contribution in [3.8, 4) is 0 Å². The van der Waals surface area contributed by atoms with Gasteiger partial charge in [0.1, 0.15) is 0 Å². The first-order chi connectivity index (χ1) is 8.63. The van der Waals surface area contributed by atoms with Crippen molar-refractivity contribution >= 4 is 11.3 Å². The van der Waals surface area contributed by atoms with Gasteiger partial charge in [-0.1, -0.05) is 19.8 Å². The molecule has 1 N–H and O–H groups in total. The van der Waals surface area contributed by atoms with Gasteiger partial charge in [-0.05, 0) is 63.6 Å². The van der Waals surface area contributed by atoms with Gasteiger partial charge in [-0.2, -0.15) is 0 Å². The van der Waals surface area contributed by atoms with E-state index in [1.165, 1.54) is 48.4 Å². The minimum absolute atomic E-state index is 0.613. The van der Waals surface area contributed by atoms with Crippen molar-refractivity contribution in [2.24, 2.45) is 11.8 Å². The third-order valence-electron chi connectivity index (χ3n) is 4.19. The molecular weight excluding hydrogens is 238 g/mol. The van der Waals surface area contributed by atoms with Crippen molar-refractivity contribution in [1.29, 1.82) is 0 Å². The first-order valence-electron chi connectivity index (χ1n) is 7.42. The van der Waals surface area contributed by atoms with Gasteiger partial charge in [0.05, 0.1) is 0 Å². The van der Waals surface area contributed by atoms with Crippen molar-refractivity contribution in [3.05, 3.63) is 21.9 Å². The lowest BCUT2D eigenvalue weighted by molar-refractivity contribution is 0.275. The number of hydrogen-bond acceptors (Lipinski definition) is 2. The van der Waals surface area contributed by atoms with Crippen LogP contribution in [0.5, 0.6) is 0 Å². The summed E-state index contributed by atoms with van der Waals surface area (Å²) in [6.07, 6.45) is 6.91. The van der Waals surface area contributed by atoms with Crippen LogP contribution in [-0.2, 0) is 6.42 Å². The maximum Gasteiger partial charge on any atom is 0.00871 e. The highest BCUT2D eigenvalue weighted by Crippen LogP contribution is 2.27. The number of nitrogens with one attached hydrogen (secondary N) is 1. The van der Waals surface area contributed by atoms with Gasteiger partial charge in [0, 0.05) is 15.8 Å². The van der Waals surface area contributed by atoms with Gasteiger partial charge in [0.25, 0.3) is 0 Å². The Morgan fingerprint density at radius 3 is 2.61 bits per heavy atom. The van der Waals surface area contributed by atoms with Gasteiger partial charge in [0.15, 0.2) is 0 Å². The van der Waals surface area contributed by atoms with E-state index >= 15 is 0 Å². The van der Waals surface area contributed by atoms with Crippen LogP contribution in [0.25, 0.3) is 0 Å². The topological polar surface area (TPSA) is 12.0 Å². The molecular formula is C16H27NS. The van der Waals surface area contributed by atoms with Crippen LogP contribution in [-0.4, -0.2) is 12.6 Å². The van der Waals surface area contributed by atoms with E-state index in [1.54, 1.807) is 0 Å². The van der Waals surface area contributed by atoms with Crippen LogP contribution < -0.4 is 5.32 Å². The van der Waals surface area contributed by atoms with Crippen molar-refractivity contribution < 1.29 is 0 Å². The Bertz CT molecular complexity index is 350. The fraction of sp³-hybridized carbons (Fsp3) is 0.750. The Kier molecular flexibility index (Phi) is 5.25. The molecule has 102 valence electrons. The smallest absolute Gasteiger partial charge is 0.00871 e. The fourth-order valence-corrected chi connectivity index (χ4v) is 3.89. The molecule has 0 saturated heterocycles. The molecule has 1 atom stereocenters. The van der Waals surface area contributed by atoms with Crippen LogP contribution in [0, 0.1) is 18.8 Å². The second kappa shape index (κ2) is 6.72. The first-order valence-corrected chi connectivity index (χ1v) is 8.24. The summed E-state index contributed by atoms with van der Waals surface area (Å²) in [7, 11) is 0. The van der Waals surface area contributed by atoms with E-state index in [-0.39, 0.29) is 0 Å². The third kappa shape index (κ3) is 4.40. The van der Waals surface area contributed by atoms with E-state index in [1.807, 2.05) is 11.3 Å². The van der Waals surface area contributed by atoms with Crippen LogP contribution in [0.15, 0.2) is 12.1 Å². The van der Waals surface area contributed by atoms with E-state index in [0.29, 0.717) is 6.04 Å². The molecule has 0 spiro atoms. The summed E-state index contributed by atoms with van der Waals surface area (Å²) < 4.78 is 0.